The number of aliphatic hydroxyl groups excluding tert-OH is 1. The van der Waals surface area contributed by atoms with E-state index in [0.29, 0.717) is 0 Å². The van der Waals surface area contributed by atoms with Gasteiger partial charge in [-0.25, -0.2) is 0 Å². The summed E-state index contributed by atoms with van der Waals surface area (Å²) < 4.78 is 2.24. The molecule has 1 N–H and O–H groups in total. The third-order valence-electron chi connectivity index (χ3n) is 5.32. The summed E-state index contributed by atoms with van der Waals surface area (Å²) in [4.78, 5) is 6.15. The van der Waals surface area contributed by atoms with Crippen molar-refractivity contribution in [3.05, 3.63) is 90.7 Å². The highest BCUT2D eigenvalue weighted by molar-refractivity contribution is 8.09. The van der Waals surface area contributed by atoms with E-state index in [0.717, 1.165) is 42.1 Å². The van der Waals surface area contributed by atoms with Crippen LogP contribution >= 0.6 is 46.5 Å². The fourth-order valence-corrected chi connectivity index (χ4v) is 7.10. The van der Waals surface area contributed by atoms with Crippen molar-refractivity contribution in [3.8, 4) is 0 Å². The normalized spacial score (nSPS) is 21.9. The smallest absolute Gasteiger partial charge is 0.264 e. The van der Waals surface area contributed by atoms with Crippen LogP contribution in [0.3, 0.4) is 0 Å². The summed E-state index contributed by atoms with van der Waals surface area (Å²) in [6.07, 6.45) is 3.60. The molecule has 0 radical (unpaired) electrons. The molecule has 4 nitrogen and oxygen atoms in total. The quantitative estimate of drug-likeness (QED) is 0.498. The van der Waals surface area contributed by atoms with Crippen LogP contribution in [0.25, 0.3) is 6.08 Å². The fraction of sp³-hybridized carbons (Fsp3) is 0.174. The number of thioether (sulfide) groups is 2. The largest absolute Gasteiger partial charge is 0.369 e. The highest BCUT2D eigenvalue weighted by atomic mass is 35.5. The van der Waals surface area contributed by atoms with Crippen LogP contribution in [-0.2, 0) is 6.54 Å². The molecule has 0 aliphatic carbocycles. The predicted molar refractivity (Wildman–Crippen MR) is 132 cm³/mol. The lowest BCUT2D eigenvalue weighted by atomic mass is 10.2. The Kier molecular flexibility index (Phi) is 5.79. The maximum atomic E-state index is 11.0. The van der Waals surface area contributed by atoms with Gasteiger partial charge >= 0.3 is 0 Å². The van der Waals surface area contributed by atoms with Gasteiger partial charge < -0.3 is 14.9 Å². The number of rotatable bonds is 3. The molecule has 2 aliphatic rings. The summed E-state index contributed by atoms with van der Waals surface area (Å²) >= 11 is 11.2. The maximum Gasteiger partial charge on any atom is 0.264 e. The second-order valence-electron chi connectivity index (χ2n) is 7.37. The summed E-state index contributed by atoms with van der Waals surface area (Å²) in [6.45, 7) is 0.822. The Bertz CT molecular complexity index is 1190. The molecule has 2 aromatic carbocycles. The molecule has 0 amide bonds. The molecular formula is C23H21ClN3OS3+. The first kappa shape index (κ1) is 21.0. The lowest BCUT2D eigenvalue weighted by molar-refractivity contribution is -0.685. The summed E-state index contributed by atoms with van der Waals surface area (Å²) in [6, 6.07) is 16.4. The van der Waals surface area contributed by atoms with E-state index in [1.165, 1.54) is 5.56 Å². The third-order valence-corrected chi connectivity index (χ3v) is 9.03. The topological polar surface area (TPSA) is 30.6 Å². The molecule has 1 saturated heterocycles. The number of aliphatic hydroxyl groups is 1. The number of nitrogens with zero attached hydrogens (tertiary/aromatic N) is 3. The van der Waals surface area contributed by atoms with Crippen LogP contribution in [-0.4, -0.2) is 30.3 Å². The van der Waals surface area contributed by atoms with E-state index >= 15 is 0 Å². The van der Waals surface area contributed by atoms with Gasteiger partial charge in [0.25, 0.3) is 5.01 Å². The minimum absolute atomic E-state index is 0.673. The maximum absolute atomic E-state index is 11.0. The van der Waals surface area contributed by atoms with Gasteiger partial charge in [0, 0.05) is 29.6 Å². The minimum atomic E-state index is -0.673. The van der Waals surface area contributed by atoms with Crippen molar-refractivity contribution in [2.45, 2.75) is 17.7 Å². The number of halogens is 1. The molecule has 0 spiro atoms. The molecule has 0 bridgehead atoms. The van der Waals surface area contributed by atoms with Gasteiger partial charge in [0.15, 0.2) is 19.0 Å². The molecule has 1 fully saturated rings. The SMILES string of the molecule is CN1C(=C2SC(=Cc3scc[n+]3Cc3ccccc3)N(C)C2O)Sc2ccc(Cl)cc21. The molecule has 8 heteroatoms. The first-order valence-corrected chi connectivity index (χ1v) is 12.7. The molecule has 5 rings (SSSR count). The van der Waals surface area contributed by atoms with Crippen LogP contribution in [0.5, 0.6) is 0 Å². The summed E-state index contributed by atoms with van der Waals surface area (Å²) in [7, 11) is 3.97. The molecule has 158 valence electrons. The van der Waals surface area contributed by atoms with Crippen molar-refractivity contribution in [3.63, 3.8) is 0 Å². The molecule has 3 heterocycles. The Morgan fingerprint density at radius 1 is 1.13 bits per heavy atom. The number of aromatic nitrogens is 1. The zero-order chi connectivity index (χ0) is 21.5. The van der Waals surface area contributed by atoms with Crippen LogP contribution in [0.4, 0.5) is 5.69 Å². The van der Waals surface area contributed by atoms with Gasteiger partial charge in [-0.05, 0) is 18.2 Å². The highest BCUT2D eigenvalue weighted by Gasteiger charge is 2.36. The number of anilines is 1. The van der Waals surface area contributed by atoms with Crippen LogP contribution in [0.2, 0.25) is 5.02 Å². The zero-order valence-corrected chi connectivity index (χ0v) is 20.2. The van der Waals surface area contributed by atoms with Crippen LogP contribution in [0.1, 0.15) is 10.6 Å². The first-order valence-electron chi connectivity index (χ1n) is 9.78. The Balaban J connectivity index is 1.44. The Morgan fingerprint density at radius 3 is 2.74 bits per heavy atom. The van der Waals surface area contributed by atoms with Crippen molar-refractivity contribution in [1.82, 2.24) is 4.90 Å². The molecule has 0 saturated carbocycles. The Hall–Kier alpha value is -1.90. The molecule has 2 aliphatic heterocycles. The number of hydrogen-bond acceptors (Lipinski definition) is 6. The highest BCUT2D eigenvalue weighted by Crippen LogP contribution is 2.53. The van der Waals surface area contributed by atoms with E-state index in [4.69, 9.17) is 11.6 Å². The van der Waals surface area contributed by atoms with Crippen molar-refractivity contribution >= 4 is 58.2 Å². The number of thiazole rings is 1. The summed E-state index contributed by atoms with van der Waals surface area (Å²) in [5.41, 5.74) is 2.34. The van der Waals surface area contributed by atoms with Gasteiger partial charge in [0.2, 0.25) is 0 Å². The summed E-state index contributed by atoms with van der Waals surface area (Å²) in [5, 5.41) is 17.1. The Labute approximate surface area is 199 Å². The van der Waals surface area contributed by atoms with Crippen LogP contribution in [0, 0.1) is 0 Å². The number of hydrogen-bond donors (Lipinski definition) is 1. The zero-order valence-electron chi connectivity index (χ0n) is 17.0. The Morgan fingerprint density at radius 2 is 1.94 bits per heavy atom. The van der Waals surface area contributed by atoms with Gasteiger partial charge in [-0.15, -0.1) is 0 Å². The van der Waals surface area contributed by atoms with E-state index < -0.39 is 6.23 Å². The van der Waals surface area contributed by atoms with Crippen molar-refractivity contribution in [1.29, 1.82) is 0 Å². The number of benzene rings is 2. The van der Waals surface area contributed by atoms with E-state index in [-0.39, 0.29) is 0 Å². The first-order chi connectivity index (χ1) is 15.0. The fourth-order valence-electron chi connectivity index (χ4n) is 3.60. The van der Waals surface area contributed by atoms with Crippen molar-refractivity contribution < 1.29 is 9.67 Å². The van der Waals surface area contributed by atoms with Crippen LogP contribution in [0.15, 0.2) is 80.0 Å². The lowest BCUT2D eigenvalue weighted by Gasteiger charge is -2.19. The van der Waals surface area contributed by atoms with Crippen LogP contribution < -0.4 is 9.47 Å². The van der Waals surface area contributed by atoms with E-state index in [1.54, 1.807) is 34.9 Å². The average molecular weight is 487 g/mol. The number of fused-ring (bicyclic) bond motifs is 1. The van der Waals surface area contributed by atoms with E-state index in [9.17, 15) is 5.11 Å². The molecular weight excluding hydrogens is 466 g/mol. The monoisotopic (exact) mass is 486 g/mol. The molecule has 31 heavy (non-hydrogen) atoms. The summed E-state index contributed by atoms with van der Waals surface area (Å²) in [5.74, 6) is 0. The van der Waals surface area contributed by atoms with Gasteiger partial charge in [-0.3, -0.25) is 0 Å². The molecule has 1 unspecified atom stereocenters. The van der Waals surface area contributed by atoms with Gasteiger partial charge in [0.05, 0.1) is 32.1 Å². The minimum Gasteiger partial charge on any atom is -0.369 e. The average Bonchev–Trinajstić information content (AvgIpc) is 3.42. The molecule has 1 atom stereocenters. The number of likely N-dealkylation sites (N-methyl/N-ethyl adjacent to an activating group) is 1. The van der Waals surface area contributed by atoms with Gasteiger partial charge in [-0.1, -0.05) is 76.8 Å². The van der Waals surface area contributed by atoms with E-state index in [1.807, 2.05) is 43.3 Å². The van der Waals surface area contributed by atoms with Crippen molar-refractivity contribution in [2.24, 2.45) is 0 Å². The lowest BCUT2D eigenvalue weighted by Crippen LogP contribution is -2.34. The van der Waals surface area contributed by atoms with E-state index in [2.05, 4.69) is 51.4 Å². The van der Waals surface area contributed by atoms with Crippen molar-refractivity contribution in [2.75, 3.05) is 19.0 Å². The standard InChI is InChI=1S/C23H21ClN3OS3/c1-25-17-12-16(24)8-9-18(17)30-23(25)21-22(28)26(2)19(31-21)13-20-27(10-11-29-20)14-15-6-4-3-5-7-15/h3-13,22,28H,14H2,1-2H3/q+1. The second-order valence-corrected chi connectivity index (χ2v) is 10.8. The predicted octanol–water partition coefficient (Wildman–Crippen LogP) is 5.44. The van der Waals surface area contributed by atoms with Gasteiger partial charge in [-0.2, -0.15) is 4.57 Å². The molecule has 1 aromatic heterocycles. The van der Waals surface area contributed by atoms with Gasteiger partial charge in [0.1, 0.15) is 0 Å². The second kappa shape index (κ2) is 8.56. The molecule has 3 aromatic rings. The third kappa shape index (κ3) is 4.01.